The molecule has 0 aromatic heterocycles. The second-order valence-electron chi connectivity index (χ2n) is 7.57. The van der Waals surface area contributed by atoms with Crippen LogP contribution in [0, 0.1) is 10.1 Å². The Kier molecular flexibility index (Phi) is 6.16. The van der Waals surface area contributed by atoms with Gasteiger partial charge < -0.3 is 10.1 Å². The number of carbonyl (C=O) groups excluding carboxylic acids is 1. The Hall–Kier alpha value is -3.67. The molecule has 1 atom stereocenters. The number of benzene rings is 3. The number of rotatable bonds is 7. The summed E-state index contributed by atoms with van der Waals surface area (Å²) in [5.74, 6) is 0.256. The fourth-order valence-electron chi connectivity index (χ4n) is 3.14. The van der Waals surface area contributed by atoms with E-state index in [9.17, 15) is 14.9 Å². The Labute approximate surface area is 175 Å². The highest BCUT2D eigenvalue weighted by Crippen LogP contribution is 2.32. The fraction of sp³-hybridized carbons (Fsp3) is 0.208. The van der Waals surface area contributed by atoms with E-state index in [1.54, 1.807) is 6.92 Å². The van der Waals surface area contributed by atoms with E-state index in [4.69, 9.17) is 4.74 Å². The van der Waals surface area contributed by atoms with Gasteiger partial charge in [0.15, 0.2) is 6.10 Å². The summed E-state index contributed by atoms with van der Waals surface area (Å²) in [7, 11) is 0. The molecule has 0 fully saturated rings. The molecule has 0 aliphatic carbocycles. The highest BCUT2D eigenvalue weighted by atomic mass is 16.6. The normalized spacial score (nSPS) is 12.1. The molecule has 3 rings (SSSR count). The minimum absolute atomic E-state index is 0.0317. The predicted octanol–water partition coefficient (Wildman–Crippen LogP) is 5.33. The molecule has 0 saturated heterocycles. The quantitative estimate of drug-likeness (QED) is 0.426. The molecule has 0 spiro atoms. The van der Waals surface area contributed by atoms with Crippen molar-refractivity contribution in [3.63, 3.8) is 0 Å². The van der Waals surface area contributed by atoms with Crippen LogP contribution >= 0.6 is 0 Å². The summed E-state index contributed by atoms with van der Waals surface area (Å²) in [6.07, 6.45) is -0.729. The average molecular weight is 404 g/mol. The topological polar surface area (TPSA) is 81.5 Å². The van der Waals surface area contributed by atoms with E-state index in [1.165, 1.54) is 29.8 Å². The maximum absolute atomic E-state index is 12.4. The number of ether oxygens (including phenoxy) is 1. The number of nitrogens with one attached hydrogen (secondary N) is 1. The third-order valence-corrected chi connectivity index (χ3v) is 5.10. The van der Waals surface area contributed by atoms with Gasteiger partial charge in [-0.3, -0.25) is 14.9 Å². The Bertz CT molecular complexity index is 1010. The Morgan fingerprint density at radius 3 is 2.07 bits per heavy atom. The number of carbonyl (C=O) groups is 1. The summed E-state index contributed by atoms with van der Waals surface area (Å²) < 4.78 is 5.76. The first-order valence-corrected chi connectivity index (χ1v) is 9.65. The van der Waals surface area contributed by atoms with E-state index >= 15 is 0 Å². The van der Waals surface area contributed by atoms with Crippen LogP contribution in [0.15, 0.2) is 78.9 Å². The molecule has 0 aliphatic heterocycles. The maximum Gasteiger partial charge on any atom is 0.269 e. The van der Waals surface area contributed by atoms with Gasteiger partial charge in [-0.15, -0.1) is 0 Å². The van der Waals surface area contributed by atoms with Gasteiger partial charge in [0.25, 0.3) is 11.6 Å². The van der Waals surface area contributed by atoms with Gasteiger partial charge in [-0.25, -0.2) is 0 Å². The first-order chi connectivity index (χ1) is 14.3. The van der Waals surface area contributed by atoms with Crippen molar-refractivity contribution < 1.29 is 14.5 Å². The van der Waals surface area contributed by atoms with E-state index in [-0.39, 0.29) is 17.0 Å². The molecule has 0 aliphatic rings. The highest BCUT2D eigenvalue weighted by Gasteiger charge is 2.23. The van der Waals surface area contributed by atoms with Gasteiger partial charge in [0.2, 0.25) is 0 Å². The van der Waals surface area contributed by atoms with Gasteiger partial charge >= 0.3 is 0 Å². The molecule has 0 radical (unpaired) electrons. The zero-order valence-corrected chi connectivity index (χ0v) is 17.2. The van der Waals surface area contributed by atoms with Gasteiger partial charge in [0.05, 0.1) is 4.92 Å². The molecule has 154 valence electrons. The molecule has 0 bridgehead atoms. The smallest absolute Gasteiger partial charge is 0.269 e. The van der Waals surface area contributed by atoms with Crippen LogP contribution in [0.25, 0.3) is 0 Å². The van der Waals surface area contributed by atoms with Crippen LogP contribution in [0.2, 0.25) is 0 Å². The number of amides is 1. The SMILES string of the molecule is CC(Oc1ccc(C(C)(C)c2ccccc2)cc1)C(=O)Nc1ccc([N+](=O)[O-])cc1. The lowest BCUT2D eigenvalue weighted by Crippen LogP contribution is -2.30. The first-order valence-electron chi connectivity index (χ1n) is 9.65. The molecule has 1 amide bonds. The van der Waals surface area contributed by atoms with Crippen LogP contribution < -0.4 is 10.1 Å². The largest absolute Gasteiger partial charge is 0.481 e. The van der Waals surface area contributed by atoms with Crippen molar-refractivity contribution in [3.8, 4) is 5.75 Å². The minimum atomic E-state index is -0.729. The molecule has 1 unspecified atom stereocenters. The number of nitrogens with zero attached hydrogens (tertiary/aromatic N) is 1. The summed E-state index contributed by atoms with van der Waals surface area (Å²) in [4.78, 5) is 22.6. The number of nitro benzene ring substituents is 1. The van der Waals surface area contributed by atoms with Gasteiger partial charge in [-0.2, -0.15) is 0 Å². The summed E-state index contributed by atoms with van der Waals surface area (Å²) >= 11 is 0. The number of nitro groups is 1. The lowest BCUT2D eigenvalue weighted by atomic mass is 9.78. The average Bonchev–Trinajstić information content (AvgIpc) is 2.75. The van der Waals surface area contributed by atoms with Gasteiger partial charge in [0, 0.05) is 23.2 Å². The number of non-ortho nitro benzene ring substituents is 1. The van der Waals surface area contributed by atoms with Crippen molar-refractivity contribution in [1.29, 1.82) is 0 Å². The number of hydrogen-bond acceptors (Lipinski definition) is 4. The van der Waals surface area contributed by atoms with Gasteiger partial charge in [0.1, 0.15) is 5.75 Å². The second-order valence-corrected chi connectivity index (χ2v) is 7.57. The van der Waals surface area contributed by atoms with Crippen molar-refractivity contribution in [3.05, 3.63) is 100 Å². The lowest BCUT2D eigenvalue weighted by Gasteiger charge is -2.26. The van der Waals surface area contributed by atoms with Crippen molar-refractivity contribution in [2.24, 2.45) is 0 Å². The van der Waals surface area contributed by atoms with Crippen molar-refractivity contribution in [2.45, 2.75) is 32.3 Å². The molecule has 6 heteroatoms. The molecule has 6 nitrogen and oxygen atoms in total. The molecule has 0 saturated carbocycles. The third kappa shape index (κ3) is 4.84. The lowest BCUT2D eigenvalue weighted by molar-refractivity contribution is -0.384. The maximum atomic E-state index is 12.4. The van der Waals surface area contributed by atoms with Crippen LogP contribution in [-0.4, -0.2) is 16.9 Å². The van der Waals surface area contributed by atoms with Crippen molar-refractivity contribution >= 4 is 17.3 Å². The molecule has 3 aromatic carbocycles. The molecule has 0 heterocycles. The summed E-state index contributed by atoms with van der Waals surface area (Å²) in [6.45, 7) is 5.99. The van der Waals surface area contributed by atoms with Crippen LogP contribution in [0.5, 0.6) is 5.75 Å². The van der Waals surface area contributed by atoms with Crippen LogP contribution in [0.1, 0.15) is 31.9 Å². The fourth-order valence-corrected chi connectivity index (χ4v) is 3.14. The first kappa shape index (κ1) is 21.0. The Morgan fingerprint density at radius 1 is 0.933 bits per heavy atom. The number of anilines is 1. The zero-order chi connectivity index (χ0) is 21.7. The van der Waals surface area contributed by atoms with Gasteiger partial charge in [-0.1, -0.05) is 56.3 Å². The van der Waals surface area contributed by atoms with E-state index in [2.05, 4.69) is 31.3 Å². The monoisotopic (exact) mass is 404 g/mol. The summed E-state index contributed by atoms with van der Waals surface area (Å²) in [6, 6.07) is 23.6. The number of hydrogen-bond donors (Lipinski definition) is 1. The summed E-state index contributed by atoms with van der Waals surface area (Å²) in [5, 5.41) is 13.4. The van der Waals surface area contributed by atoms with E-state index in [0.717, 1.165) is 5.56 Å². The van der Waals surface area contributed by atoms with Crippen LogP contribution in [0.4, 0.5) is 11.4 Å². The van der Waals surface area contributed by atoms with Gasteiger partial charge in [-0.05, 0) is 42.3 Å². The molecular formula is C24H24N2O4. The summed E-state index contributed by atoms with van der Waals surface area (Å²) in [5.41, 5.74) is 2.65. The Balaban J connectivity index is 1.63. The Morgan fingerprint density at radius 2 is 1.50 bits per heavy atom. The van der Waals surface area contributed by atoms with Crippen LogP contribution in [0.3, 0.4) is 0 Å². The van der Waals surface area contributed by atoms with Crippen molar-refractivity contribution in [1.82, 2.24) is 0 Å². The van der Waals surface area contributed by atoms with E-state index < -0.39 is 11.0 Å². The third-order valence-electron chi connectivity index (χ3n) is 5.10. The molecular weight excluding hydrogens is 380 g/mol. The zero-order valence-electron chi connectivity index (χ0n) is 17.2. The van der Waals surface area contributed by atoms with Crippen LogP contribution in [-0.2, 0) is 10.2 Å². The van der Waals surface area contributed by atoms with E-state index in [1.807, 2.05) is 42.5 Å². The molecule has 1 N–H and O–H groups in total. The molecule has 3 aromatic rings. The second kappa shape index (κ2) is 8.78. The van der Waals surface area contributed by atoms with E-state index in [0.29, 0.717) is 11.4 Å². The minimum Gasteiger partial charge on any atom is -0.481 e. The highest BCUT2D eigenvalue weighted by molar-refractivity contribution is 5.94. The molecule has 30 heavy (non-hydrogen) atoms. The standard InChI is InChI=1S/C24H24N2O4/c1-17(23(27)25-20-11-13-21(14-12-20)26(28)29)30-22-15-9-19(10-16-22)24(2,3)18-7-5-4-6-8-18/h4-17H,1-3H3,(H,25,27). The van der Waals surface area contributed by atoms with Crippen molar-refractivity contribution in [2.75, 3.05) is 5.32 Å². The predicted molar refractivity (Wildman–Crippen MR) is 117 cm³/mol.